The summed E-state index contributed by atoms with van der Waals surface area (Å²) in [6.07, 6.45) is 14.0. The lowest BCUT2D eigenvalue weighted by molar-refractivity contribution is -0.161. The number of hydrogen-bond acceptors (Lipinski definition) is 6. The third-order valence-electron chi connectivity index (χ3n) is 7.68. The van der Waals surface area contributed by atoms with E-state index in [9.17, 15) is 9.59 Å². The minimum absolute atomic E-state index is 0.0381. The average Bonchev–Trinajstić information content (AvgIpc) is 3.37. The van der Waals surface area contributed by atoms with E-state index in [-0.39, 0.29) is 24.3 Å². The molecule has 8 nitrogen and oxygen atoms in total. The Labute approximate surface area is 213 Å². The highest BCUT2D eigenvalue weighted by atomic mass is 16.5. The fourth-order valence-corrected chi connectivity index (χ4v) is 5.56. The van der Waals surface area contributed by atoms with Gasteiger partial charge in [0, 0.05) is 31.3 Å². The van der Waals surface area contributed by atoms with Crippen molar-refractivity contribution in [1.29, 1.82) is 0 Å². The zero-order valence-corrected chi connectivity index (χ0v) is 21.1. The molecule has 2 unspecified atom stereocenters. The summed E-state index contributed by atoms with van der Waals surface area (Å²) in [7, 11) is 1.87. The van der Waals surface area contributed by atoms with Crippen LogP contribution in [-0.2, 0) is 20.7 Å². The lowest BCUT2D eigenvalue weighted by Gasteiger charge is -2.39. The van der Waals surface area contributed by atoms with Crippen molar-refractivity contribution in [3.63, 3.8) is 0 Å². The summed E-state index contributed by atoms with van der Waals surface area (Å²) in [5.74, 6) is 0.902. The summed E-state index contributed by atoms with van der Waals surface area (Å²) in [6, 6.07) is 10.2. The minimum atomic E-state index is -0.843. The Morgan fingerprint density at radius 2 is 1.97 bits per heavy atom. The average molecular weight is 492 g/mol. The van der Waals surface area contributed by atoms with E-state index in [2.05, 4.69) is 40.0 Å². The van der Waals surface area contributed by atoms with Gasteiger partial charge in [0.05, 0.1) is 6.61 Å². The van der Waals surface area contributed by atoms with Crippen LogP contribution in [0.2, 0.25) is 0 Å². The van der Waals surface area contributed by atoms with Crippen LogP contribution in [0.3, 0.4) is 0 Å². The molecule has 0 radical (unpaired) electrons. The highest BCUT2D eigenvalue weighted by Crippen LogP contribution is 2.34. The van der Waals surface area contributed by atoms with Gasteiger partial charge in [-0.05, 0) is 44.1 Å². The summed E-state index contributed by atoms with van der Waals surface area (Å²) in [5.41, 5.74) is 1.04. The quantitative estimate of drug-likeness (QED) is 0.545. The van der Waals surface area contributed by atoms with Crippen molar-refractivity contribution in [2.45, 2.75) is 69.7 Å². The van der Waals surface area contributed by atoms with Crippen LogP contribution in [0.4, 0.5) is 0 Å². The van der Waals surface area contributed by atoms with E-state index < -0.39 is 11.9 Å². The van der Waals surface area contributed by atoms with E-state index in [1.165, 1.54) is 10.6 Å². The predicted octanol–water partition coefficient (Wildman–Crippen LogP) is 3.28. The highest BCUT2D eigenvalue weighted by molar-refractivity contribution is 5.95. The maximum Gasteiger partial charge on any atom is 0.272 e. The molecule has 2 aliphatic carbocycles. The van der Waals surface area contributed by atoms with Gasteiger partial charge in [0.25, 0.3) is 11.8 Å². The SMILES string of the molecule is CN(CCc1ccccc1)C(=O)C1(OCC2=CC(=O)N3N=C(C4C=CCCC4)NC3N2)CCCCC1. The van der Waals surface area contributed by atoms with Gasteiger partial charge in [-0.3, -0.25) is 9.59 Å². The third kappa shape index (κ3) is 5.33. The molecule has 2 atom stereocenters. The van der Waals surface area contributed by atoms with Crippen molar-refractivity contribution in [3.8, 4) is 0 Å². The van der Waals surface area contributed by atoms with Crippen LogP contribution in [0, 0.1) is 5.92 Å². The number of nitrogens with one attached hydrogen (secondary N) is 2. The number of nitrogens with zero attached hydrogens (tertiary/aromatic N) is 3. The molecule has 0 bridgehead atoms. The van der Waals surface area contributed by atoms with Crippen LogP contribution in [0.25, 0.3) is 0 Å². The molecule has 1 fully saturated rings. The number of rotatable bonds is 8. The number of benzene rings is 1. The lowest BCUT2D eigenvalue weighted by atomic mass is 9.83. The molecule has 0 spiro atoms. The Hall–Kier alpha value is -3.13. The van der Waals surface area contributed by atoms with Crippen molar-refractivity contribution in [2.75, 3.05) is 20.2 Å². The molecular weight excluding hydrogens is 454 g/mol. The predicted molar refractivity (Wildman–Crippen MR) is 138 cm³/mol. The highest BCUT2D eigenvalue weighted by Gasteiger charge is 2.43. The number of allylic oxidation sites excluding steroid dienone is 1. The first kappa shape index (κ1) is 24.6. The zero-order valence-electron chi connectivity index (χ0n) is 21.1. The standard InChI is InChI=1S/C28H37N5O3/c1-32(18-15-21-11-5-2-6-12-21)26(35)28(16-9-4-10-17-28)36-20-23-19-24(34)33-27(29-23)30-25(31-33)22-13-7-3-8-14-22/h2,5-7,11-13,19,22,27,29H,3-4,8-10,14-18,20H2,1H3,(H,30,31). The number of hydrazone groups is 1. The summed E-state index contributed by atoms with van der Waals surface area (Å²) >= 11 is 0. The fraction of sp³-hybridized carbons (Fsp3) is 0.536. The topological polar surface area (TPSA) is 86.3 Å². The van der Waals surface area contributed by atoms with Gasteiger partial charge in [0.1, 0.15) is 11.4 Å². The lowest BCUT2D eigenvalue weighted by Crippen LogP contribution is -2.55. The van der Waals surface area contributed by atoms with Crippen LogP contribution in [0.5, 0.6) is 0 Å². The van der Waals surface area contributed by atoms with E-state index in [4.69, 9.17) is 4.74 Å². The summed E-state index contributed by atoms with van der Waals surface area (Å²) < 4.78 is 6.42. The maximum atomic E-state index is 13.6. The fourth-order valence-electron chi connectivity index (χ4n) is 5.56. The van der Waals surface area contributed by atoms with Crippen molar-refractivity contribution in [2.24, 2.45) is 11.0 Å². The first-order valence-corrected chi connectivity index (χ1v) is 13.3. The number of carbonyl (C=O) groups is 2. The normalized spacial score (nSPS) is 24.8. The molecular formula is C28H37N5O3. The Balaban J connectivity index is 1.20. The van der Waals surface area contributed by atoms with Crippen LogP contribution >= 0.6 is 0 Å². The minimum Gasteiger partial charge on any atom is -0.359 e. The maximum absolute atomic E-state index is 13.6. The number of amidine groups is 1. The third-order valence-corrected chi connectivity index (χ3v) is 7.68. The second kappa shape index (κ2) is 10.9. The van der Waals surface area contributed by atoms with Crippen LogP contribution < -0.4 is 10.6 Å². The molecule has 2 amide bonds. The summed E-state index contributed by atoms with van der Waals surface area (Å²) in [6.45, 7) is 0.832. The van der Waals surface area contributed by atoms with Crippen molar-refractivity contribution >= 4 is 17.6 Å². The van der Waals surface area contributed by atoms with E-state index in [0.29, 0.717) is 25.1 Å². The van der Waals surface area contributed by atoms with Gasteiger partial charge in [-0.1, -0.05) is 61.7 Å². The first-order chi connectivity index (χ1) is 17.5. The van der Waals surface area contributed by atoms with Crippen LogP contribution in [0.15, 0.2) is 59.4 Å². The molecule has 5 rings (SSSR count). The van der Waals surface area contributed by atoms with Gasteiger partial charge in [0.2, 0.25) is 6.29 Å². The smallest absolute Gasteiger partial charge is 0.272 e. The number of amides is 2. The number of likely N-dealkylation sites (N-methyl/N-ethyl adjacent to an activating group) is 1. The molecule has 8 heteroatoms. The molecule has 1 aromatic rings. The van der Waals surface area contributed by atoms with Gasteiger partial charge in [-0.15, -0.1) is 0 Å². The van der Waals surface area contributed by atoms with Gasteiger partial charge in [-0.25, -0.2) is 0 Å². The van der Waals surface area contributed by atoms with Gasteiger partial charge in [-0.2, -0.15) is 10.1 Å². The summed E-state index contributed by atoms with van der Waals surface area (Å²) in [4.78, 5) is 28.3. The molecule has 0 aromatic heterocycles. The Morgan fingerprint density at radius 3 is 2.72 bits per heavy atom. The van der Waals surface area contributed by atoms with E-state index in [1.54, 1.807) is 6.08 Å². The first-order valence-electron chi connectivity index (χ1n) is 13.3. The zero-order chi connectivity index (χ0) is 25.0. The monoisotopic (exact) mass is 491 g/mol. The van der Waals surface area contributed by atoms with Gasteiger partial charge < -0.3 is 20.3 Å². The molecule has 2 N–H and O–H groups in total. The van der Waals surface area contributed by atoms with E-state index in [1.807, 2.05) is 30.1 Å². The second-order valence-electron chi connectivity index (χ2n) is 10.3. The van der Waals surface area contributed by atoms with E-state index >= 15 is 0 Å². The Kier molecular flexibility index (Phi) is 7.41. The number of carbonyl (C=O) groups excluding carboxylic acids is 2. The number of hydrogen-bond donors (Lipinski definition) is 2. The molecule has 36 heavy (non-hydrogen) atoms. The van der Waals surface area contributed by atoms with Crippen LogP contribution in [0.1, 0.15) is 56.9 Å². The molecule has 2 aliphatic heterocycles. The van der Waals surface area contributed by atoms with Gasteiger partial charge >= 0.3 is 0 Å². The van der Waals surface area contributed by atoms with Crippen molar-refractivity contribution in [1.82, 2.24) is 20.5 Å². The van der Waals surface area contributed by atoms with Crippen molar-refractivity contribution in [3.05, 3.63) is 59.8 Å². The Bertz CT molecular complexity index is 1040. The van der Waals surface area contributed by atoms with E-state index in [0.717, 1.165) is 50.8 Å². The largest absolute Gasteiger partial charge is 0.359 e. The molecule has 1 aromatic carbocycles. The van der Waals surface area contributed by atoms with Gasteiger partial charge in [0.15, 0.2) is 0 Å². The molecule has 4 aliphatic rings. The molecule has 2 heterocycles. The number of fused-ring (bicyclic) bond motifs is 1. The molecule has 1 saturated carbocycles. The molecule has 0 saturated heterocycles. The second-order valence-corrected chi connectivity index (χ2v) is 10.3. The molecule has 192 valence electrons. The Morgan fingerprint density at radius 1 is 1.17 bits per heavy atom. The summed E-state index contributed by atoms with van der Waals surface area (Å²) in [5, 5.41) is 12.7. The van der Waals surface area contributed by atoms with Crippen molar-refractivity contribution < 1.29 is 14.3 Å². The van der Waals surface area contributed by atoms with Crippen LogP contribution in [-0.4, -0.2) is 59.6 Å². The number of ether oxygens (including phenoxy) is 1.